The number of aliphatic hydroxyl groups excluding tert-OH is 3. The van der Waals surface area contributed by atoms with E-state index in [1.54, 1.807) is 0 Å². The minimum absolute atomic E-state index is 0.152. The van der Waals surface area contributed by atoms with Crippen LogP contribution in [0.15, 0.2) is 85.1 Å². The summed E-state index contributed by atoms with van der Waals surface area (Å²) in [6.45, 7) is 3.54. The van der Waals surface area contributed by atoms with Crippen LogP contribution in [-0.4, -0.2) is 96.0 Å². The first-order valence-corrected chi connectivity index (χ1v) is 27.8. The fourth-order valence-corrected chi connectivity index (χ4v) is 8.20. The summed E-state index contributed by atoms with van der Waals surface area (Å²) in [5, 5.41) is 31.0. The Morgan fingerprint density at radius 2 is 0.882 bits per heavy atom. The third kappa shape index (κ3) is 37.7. The van der Waals surface area contributed by atoms with Crippen molar-refractivity contribution in [2.45, 2.75) is 230 Å². The fourth-order valence-electron chi connectivity index (χ4n) is 7.51. The van der Waals surface area contributed by atoms with Crippen molar-refractivity contribution >= 4 is 22.1 Å². The summed E-state index contributed by atoms with van der Waals surface area (Å²) in [6.07, 6.45) is 49.0. The van der Waals surface area contributed by atoms with Gasteiger partial charge >= 0.3 is 11.9 Å². The Morgan fingerprint density at radius 3 is 1.31 bits per heavy atom. The number of esters is 2. The topological polar surface area (TPSA) is 186 Å². The summed E-state index contributed by atoms with van der Waals surface area (Å²) in [5.41, 5.74) is 0. The zero-order chi connectivity index (χ0) is 49.8. The Morgan fingerprint density at radius 1 is 0.500 bits per heavy atom. The summed E-state index contributed by atoms with van der Waals surface area (Å²) in [7, 11) is -4.61. The molecule has 390 valence electrons. The number of carbonyl (C=O) groups is 2. The Hall–Kier alpha value is -3.17. The number of hydrogen-bond donors (Lipinski definition) is 4. The molecule has 0 aromatic carbocycles. The quantitative estimate of drug-likeness (QED) is 0.0196. The second-order valence-corrected chi connectivity index (χ2v) is 19.3. The molecule has 13 heteroatoms. The van der Waals surface area contributed by atoms with E-state index in [0.29, 0.717) is 12.8 Å². The van der Waals surface area contributed by atoms with E-state index in [0.717, 1.165) is 116 Å². The van der Waals surface area contributed by atoms with Crippen LogP contribution in [0.5, 0.6) is 0 Å². The second-order valence-electron chi connectivity index (χ2n) is 17.8. The molecule has 0 spiro atoms. The van der Waals surface area contributed by atoms with Crippen molar-refractivity contribution in [2.75, 3.05) is 19.0 Å². The van der Waals surface area contributed by atoms with Crippen LogP contribution in [0.4, 0.5) is 0 Å². The molecule has 68 heavy (non-hydrogen) atoms. The summed E-state index contributed by atoms with van der Waals surface area (Å²) in [4.78, 5) is 25.6. The zero-order valence-electron chi connectivity index (χ0n) is 41.9. The van der Waals surface area contributed by atoms with Gasteiger partial charge in [0.1, 0.15) is 36.8 Å². The number of allylic oxidation sites excluding steroid dienone is 14. The molecule has 0 bridgehead atoms. The highest BCUT2D eigenvalue weighted by molar-refractivity contribution is 7.85. The molecule has 12 nitrogen and oxygen atoms in total. The molecule has 0 aromatic rings. The van der Waals surface area contributed by atoms with Gasteiger partial charge in [-0.25, -0.2) is 0 Å². The van der Waals surface area contributed by atoms with Crippen LogP contribution < -0.4 is 0 Å². The normalized spacial score (nSPS) is 19.9. The predicted molar refractivity (Wildman–Crippen MR) is 274 cm³/mol. The van der Waals surface area contributed by atoms with Crippen molar-refractivity contribution in [3.63, 3.8) is 0 Å². The van der Waals surface area contributed by atoms with Crippen molar-refractivity contribution in [2.24, 2.45) is 0 Å². The monoisotopic (exact) mass is 977 g/mol. The summed E-state index contributed by atoms with van der Waals surface area (Å²) < 4.78 is 54.3. The highest BCUT2D eigenvalue weighted by Crippen LogP contribution is 2.24. The highest BCUT2D eigenvalue weighted by Gasteiger charge is 2.46. The van der Waals surface area contributed by atoms with Gasteiger partial charge in [-0.05, 0) is 83.5 Å². The Kier molecular flexibility index (Phi) is 40.5. The van der Waals surface area contributed by atoms with E-state index in [4.69, 9.17) is 18.9 Å². The van der Waals surface area contributed by atoms with E-state index >= 15 is 0 Å². The molecule has 0 aromatic heterocycles. The fraction of sp³-hybridized carbons (Fsp3) is 0.709. The zero-order valence-corrected chi connectivity index (χ0v) is 42.7. The van der Waals surface area contributed by atoms with Crippen LogP contribution in [0.3, 0.4) is 0 Å². The minimum atomic E-state index is -4.61. The minimum Gasteiger partial charge on any atom is -0.462 e. The molecule has 1 heterocycles. The first-order valence-electron chi connectivity index (χ1n) is 26.1. The molecule has 1 rings (SSSR count). The van der Waals surface area contributed by atoms with E-state index in [1.807, 2.05) is 0 Å². The average Bonchev–Trinajstić information content (AvgIpc) is 3.31. The first kappa shape index (κ1) is 62.8. The molecule has 0 saturated carbocycles. The van der Waals surface area contributed by atoms with Gasteiger partial charge in [0, 0.05) is 12.8 Å². The molecule has 4 N–H and O–H groups in total. The Balaban J connectivity index is 2.37. The van der Waals surface area contributed by atoms with E-state index in [-0.39, 0.29) is 19.4 Å². The molecular formula is C55H92O12S. The predicted octanol–water partition coefficient (Wildman–Crippen LogP) is 12.0. The summed E-state index contributed by atoms with van der Waals surface area (Å²) >= 11 is 0. The lowest BCUT2D eigenvalue weighted by Crippen LogP contribution is -2.60. The Labute approximate surface area is 411 Å². The van der Waals surface area contributed by atoms with E-state index < -0.39 is 71.2 Å². The van der Waals surface area contributed by atoms with E-state index in [1.165, 1.54) is 38.5 Å². The maximum absolute atomic E-state index is 12.9. The molecule has 1 aliphatic rings. The van der Waals surface area contributed by atoms with Crippen molar-refractivity contribution in [1.29, 1.82) is 0 Å². The smallest absolute Gasteiger partial charge is 0.306 e. The van der Waals surface area contributed by atoms with Gasteiger partial charge in [0.15, 0.2) is 12.4 Å². The lowest BCUT2D eigenvalue weighted by atomic mass is 10.00. The summed E-state index contributed by atoms with van der Waals surface area (Å²) in [6, 6.07) is 0. The van der Waals surface area contributed by atoms with E-state index in [9.17, 15) is 37.9 Å². The van der Waals surface area contributed by atoms with Crippen LogP contribution >= 0.6 is 0 Å². The summed E-state index contributed by atoms with van der Waals surface area (Å²) in [5.74, 6) is -2.01. The average molecular weight is 977 g/mol. The standard InChI is InChI=1S/C55H92O12S/c1-3-5-7-9-11-13-15-17-19-21-22-23-24-25-26-28-30-32-34-36-38-40-42-44-51(57)66-48(46-65-55-54(60)53(59)52(58)49(67-55)47-68(61,62)63)45-64-50(56)43-41-39-37-35-33-31-29-27-20-18-16-14-12-10-8-6-4-2/h5-8,11-14,17-20,22-23,48-49,52-55,58-60H,3-4,9-10,15-16,21,24-47H2,1-2H3,(H,61,62,63)/b7-5-,8-6-,13-11-,14-12-,19-17-,20-18-,23-22-. The van der Waals surface area contributed by atoms with Gasteiger partial charge in [0.05, 0.1) is 6.61 Å². The van der Waals surface area contributed by atoms with Crippen molar-refractivity contribution < 1.29 is 56.8 Å². The van der Waals surface area contributed by atoms with Gasteiger partial charge in [-0.15, -0.1) is 0 Å². The highest BCUT2D eigenvalue weighted by atomic mass is 32.2. The van der Waals surface area contributed by atoms with Crippen LogP contribution in [0.25, 0.3) is 0 Å². The molecule has 6 atom stereocenters. The number of rotatable bonds is 43. The maximum Gasteiger partial charge on any atom is 0.306 e. The first-order chi connectivity index (χ1) is 33.0. The van der Waals surface area contributed by atoms with Crippen molar-refractivity contribution in [3.8, 4) is 0 Å². The molecular weight excluding hydrogens is 885 g/mol. The van der Waals surface area contributed by atoms with Crippen molar-refractivity contribution in [1.82, 2.24) is 0 Å². The van der Waals surface area contributed by atoms with Gasteiger partial charge in [-0.2, -0.15) is 8.42 Å². The maximum atomic E-state index is 12.9. The third-order valence-electron chi connectivity index (χ3n) is 11.5. The van der Waals surface area contributed by atoms with Crippen molar-refractivity contribution in [3.05, 3.63) is 85.1 Å². The van der Waals surface area contributed by atoms with Crippen LogP contribution in [-0.2, 0) is 38.7 Å². The van der Waals surface area contributed by atoms with Gasteiger partial charge in [-0.3, -0.25) is 14.1 Å². The Bertz CT molecular complexity index is 1570. The van der Waals surface area contributed by atoms with Gasteiger partial charge in [-0.1, -0.05) is 182 Å². The third-order valence-corrected chi connectivity index (χ3v) is 12.2. The number of unbranched alkanes of at least 4 members (excludes halogenated alkanes) is 17. The number of ether oxygens (including phenoxy) is 4. The van der Waals surface area contributed by atoms with Gasteiger partial charge < -0.3 is 34.3 Å². The van der Waals surface area contributed by atoms with Gasteiger partial charge in [0.25, 0.3) is 10.1 Å². The number of hydrogen-bond acceptors (Lipinski definition) is 11. The number of aliphatic hydroxyl groups is 3. The molecule has 0 amide bonds. The molecule has 1 fully saturated rings. The second kappa shape index (κ2) is 43.8. The SMILES string of the molecule is CC/C=C\C/C=C\C/C=C\C/C=C\CCCCCCCCCCCCC(=O)OC(COC(=O)CCCCCCCCC/C=C\C/C=C\C/C=C\CC)COC1OC(CS(=O)(=O)O)C(O)C(O)C1O. The van der Waals surface area contributed by atoms with Crippen LogP contribution in [0.1, 0.15) is 194 Å². The van der Waals surface area contributed by atoms with Crippen LogP contribution in [0.2, 0.25) is 0 Å². The lowest BCUT2D eigenvalue weighted by Gasteiger charge is -2.40. The lowest BCUT2D eigenvalue weighted by molar-refractivity contribution is -0.297. The molecule has 6 unspecified atom stereocenters. The molecule has 1 aliphatic heterocycles. The molecule has 0 aliphatic carbocycles. The van der Waals surface area contributed by atoms with Crippen LogP contribution in [0, 0.1) is 0 Å². The van der Waals surface area contributed by atoms with E-state index in [2.05, 4.69) is 98.9 Å². The largest absolute Gasteiger partial charge is 0.462 e. The molecule has 1 saturated heterocycles. The molecule has 0 radical (unpaired) electrons. The van der Waals surface area contributed by atoms with Gasteiger partial charge in [0.2, 0.25) is 0 Å². The number of carbonyl (C=O) groups excluding carboxylic acids is 2.